The number of ketones is 1. The maximum atomic E-state index is 12.3. The van der Waals surface area contributed by atoms with Gasteiger partial charge in [0.1, 0.15) is 49.5 Å². The van der Waals surface area contributed by atoms with E-state index in [0.717, 1.165) is 39.7 Å². The Bertz CT molecular complexity index is 1740. The van der Waals surface area contributed by atoms with Crippen molar-refractivity contribution in [2.24, 2.45) is 11.3 Å². The Morgan fingerprint density at radius 3 is 1.78 bits per heavy atom. The van der Waals surface area contributed by atoms with E-state index in [1.807, 2.05) is 147 Å². The van der Waals surface area contributed by atoms with E-state index in [1.165, 1.54) is 0 Å². The first kappa shape index (κ1) is 55.5. The van der Waals surface area contributed by atoms with Crippen LogP contribution in [0.2, 0.25) is 0 Å². The number of aliphatic hydroxyl groups is 6. The molecular weight excluding hydrogens is 765 g/mol. The summed E-state index contributed by atoms with van der Waals surface area (Å²) in [4.78, 5) is 36.1. The fourth-order valence-corrected chi connectivity index (χ4v) is 6.14. The molecule has 0 fully saturated rings. The van der Waals surface area contributed by atoms with E-state index < -0.39 is 56.0 Å². The standard InChI is InChI=1S/C47H66O11.C2H6/c1-30(15-11-12-16-31(2)18-14-20-33(4)22-24-39-37(8)43(53)40(50)26-47(39,9)10)17-13-19-32(3)21-23-38(35(6)27-48)34(5)25-36(7)58-46(56)57-29-42(52)45(55)44(54)41(51)28-49;1-2/h11-24,27,34,36,40-42,44-45,49-52,54-55H,25-26,28-29H2,1-10H3;1-2H3/b12-11+,17-13+,18-14+,23-21+,24-22+,30-15+,31-16+,32-19+,33-20+,38-35-;. The number of hydrogen-bond acceptors (Lipinski definition) is 11. The highest BCUT2D eigenvalue weighted by molar-refractivity contribution is 6.00. The van der Waals surface area contributed by atoms with Gasteiger partial charge in [-0.3, -0.25) is 9.59 Å². The molecule has 0 amide bonds. The highest BCUT2D eigenvalue weighted by Gasteiger charge is 2.36. The topological polar surface area (TPSA) is 191 Å². The number of allylic oxidation sites excluding steroid dienone is 21. The van der Waals surface area contributed by atoms with Crippen LogP contribution >= 0.6 is 0 Å². The zero-order valence-electron chi connectivity index (χ0n) is 37.8. The first-order chi connectivity index (χ1) is 28.1. The first-order valence-electron chi connectivity index (χ1n) is 20.5. The van der Waals surface area contributed by atoms with Crippen molar-refractivity contribution in [3.8, 4) is 0 Å². The lowest BCUT2D eigenvalue weighted by molar-refractivity contribution is -0.126. The van der Waals surface area contributed by atoms with E-state index in [9.17, 15) is 39.9 Å². The van der Waals surface area contributed by atoms with Gasteiger partial charge in [-0.05, 0) is 94.9 Å². The normalized spacial score (nSPS) is 20.6. The van der Waals surface area contributed by atoms with Crippen molar-refractivity contribution in [2.45, 2.75) is 133 Å². The van der Waals surface area contributed by atoms with Crippen LogP contribution < -0.4 is 0 Å². The second kappa shape index (κ2) is 28.9. The van der Waals surface area contributed by atoms with Crippen LogP contribution in [0.5, 0.6) is 0 Å². The fourth-order valence-electron chi connectivity index (χ4n) is 6.14. The van der Waals surface area contributed by atoms with Gasteiger partial charge in [0.2, 0.25) is 0 Å². The molecule has 0 aliphatic heterocycles. The second-order valence-corrected chi connectivity index (χ2v) is 15.6. The minimum absolute atomic E-state index is 0.185. The van der Waals surface area contributed by atoms with Gasteiger partial charge >= 0.3 is 6.16 Å². The molecule has 7 atom stereocenters. The van der Waals surface area contributed by atoms with Gasteiger partial charge in [-0.1, -0.05) is 142 Å². The van der Waals surface area contributed by atoms with Crippen LogP contribution in [0.3, 0.4) is 0 Å². The van der Waals surface area contributed by atoms with E-state index >= 15 is 0 Å². The van der Waals surface area contributed by atoms with Crippen molar-refractivity contribution in [3.63, 3.8) is 0 Å². The van der Waals surface area contributed by atoms with Crippen molar-refractivity contribution in [1.82, 2.24) is 0 Å². The number of hydrogen-bond donors (Lipinski definition) is 6. The van der Waals surface area contributed by atoms with Crippen molar-refractivity contribution in [1.29, 1.82) is 0 Å². The largest absolute Gasteiger partial charge is 0.508 e. The van der Waals surface area contributed by atoms with Gasteiger partial charge in [0.05, 0.1) is 6.61 Å². The minimum Gasteiger partial charge on any atom is -0.431 e. The summed E-state index contributed by atoms with van der Waals surface area (Å²) in [5.41, 5.74) is 6.69. The smallest absolute Gasteiger partial charge is 0.431 e. The molecule has 6 N–H and O–H groups in total. The Hall–Kier alpha value is -4.49. The summed E-state index contributed by atoms with van der Waals surface area (Å²) in [7, 11) is 0. The van der Waals surface area contributed by atoms with Crippen molar-refractivity contribution >= 4 is 18.2 Å². The molecule has 0 aromatic rings. The summed E-state index contributed by atoms with van der Waals surface area (Å²) in [5, 5.41) is 57.9. The van der Waals surface area contributed by atoms with Crippen LogP contribution in [0.15, 0.2) is 130 Å². The van der Waals surface area contributed by atoms with Crippen molar-refractivity contribution in [2.75, 3.05) is 13.2 Å². The molecule has 0 radical (unpaired) electrons. The molecule has 0 saturated carbocycles. The maximum absolute atomic E-state index is 12.3. The first-order valence-corrected chi connectivity index (χ1v) is 20.5. The third-order valence-corrected chi connectivity index (χ3v) is 9.66. The van der Waals surface area contributed by atoms with Gasteiger partial charge in [0, 0.05) is 0 Å². The quantitative estimate of drug-likeness (QED) is 0.0287. The average Bonchev–Trinajstić information content (AvgIpc) is 3.19. The van der Waals surface area contributed by atoms with Crippen molar-refractivity contribution < 1.29 is 54.5 Å². The SMILES string of the molecule is CC.CC1=C(/C=C/C(C)=C/C=C/C(C)=C/C=C/C=C(C)/C=C/C=C(C)/C=C/C(=C(\C)C=O)C(C)CC(C)OC(=O)OCC(O)C(O)C(O)C(O)CO)C(C)(C)CC(O)C1=O. The number of carbonyl (C=O) groups is 3. The van der Waals surface area contributed by atoms with Gasteiger partial charge in [-0.2, -0.15) is 0 Å². The number of Topliss-reactive ketones (excluding diaryl/α,β-unsaturated/α-hetero) is 1. The summed E-state index contributed by atoms with van der Waals surface area (Å²) in [6.07, 6.45) is 19.3. The van der Waals surface area contributed by atoms with Crippen LogP contribution in [0.25, 0.3) is 0 Å². The third kappa shape index (κ3) is 20.7. The number of aldehydes is 1. The lowest BCUT2D eigenvalue weighted by atomic mass is 9.71. The average molecular weight is 837 g/mol. The lowest BCUT2D eigenvalue weighted by Gasteiger charge is -2.34. The monoisotopic (exact) mass is 837 g/mol. The van der Waals surface area contributed by atoms with Crippen LogP contribution in [0, 0.1) is 11.3 Å². The summed E-state index contributed by atoms with van der Waals surface area (Å²) >= 11 is 0. The molecule has 11 nitrogen and oxygen atoms in total. The van der Waals surface area contributed by atoms with E-state index in [0.29, 0.717) is 24.0 Å². The molecule has 334 valence electrons. The Balaban J connectivity index is 0.0000171. The number of carbonyl (C=O) groups excluding carboxylic acids is 3. The van der Waals surface area contributed by atoms with Crippen molar-refractivity contribution in [3.05, 3.63) is 130 Å². The molecule has 60 heavy (non-hydrogen) atoms. The Kier molecular flexibility index (Phi) is 26.7. The second-order valence-electron chi connectivity index (χ2n) is 15.6. The molecule has 0 spiro atoms. The Morgan fingerprint density at radius 2 is 1.27 bits per heavy atom. The summed E-state index contributed by atoms with van der Waals surface area (Å²) in [5.74, 6) is -0.384. The molecule has 1 rings (SSSR count). The van der Waals surface area contributed by atoms with Crippen LogP contribution in [0.1, 0.15) is 95.9 Å². The molecule has 11 heteroatoms. The maximum Gasteiger partial charge on any atom is 0.508 e. The highest BCUT2D eigenvalue weighted by atomic mass is 16.7. The highest BCUT2D eigenvalue weighted by Crippen LogP contribution is 2.39. The molecule has 0 bridgehead atoms. The van der Waals surface area contributed by atoms with Gasteiger partial charge < -0.3 is 40.1 Å². The predicted octanol–water partition coefficient (Wildman–Crippen LogP) is 7.77. The number of ether oxygens (including phenoxy) is 2. The summed E-state index contributed by atoms with van der Waals surface area (Å²) in [6.45, 7) is 21.5. The molecule has 0 heterocycles. The van der Waals surface area contributed by atoms with Gasteiger partial charge in [0.15, 0.2) is 5.78 Å². The number of rotatable bonds is 21. The van der Waals surface area contributed by atoms with Gasteiger partial charge in [-0.15, -0.1) is 0 Å². The fraction of sp³-hybridized carbons (Fsp3) is 0.490. The van der Waals surface area contributed by atoms with Gasteiger partial charge in [0.25, 0.3) is 0 Å². The predicted molar refractivity (Wildman–Crippen MR) is 240 cm³/mol. The summed E-state index contributed by atoms with van der Waals surface area (Å²) in [6, 6.07) is 0. The van der Waals surface area contributed by atoms with E-state index in [2.05, 4.69) is 0 Å². The Labute approximate surface area is 358 Å². The van der Waals surface area contributed by atoms with Crippen LogP contribution in [-0.4, -0.2) is 98.7 Å². The number of aliphatic hydroxyl groups excluding tert-OH is 6. The minimum atomic E-state index is -1.87. The van der Waals surface area contributed by atoms with Crippen LogP contribution in [-0.2, 0) is 19.1 Å². The van der Waals surface area contributed by atoms with E-state index in [1.54, 1.807) is 20.8 Å². The Morgan fingerprint density at radius 1 is 0.783 bits per heavy atom. The molecule has 7 unspecified atom stereocenters. The zero-order valence-corrected chi connectivity index (χ0v) is 37.8. The van der Waals surface area contributed by atoms with E-state index in [4.69, 9.17) is 14.6 Å². The zero-order chi connectivity index (χ0) is 46.2. The summed E-state index contributed by atoms with van der Waals surface area (Å²) < 4.78 is 10.1. The third-order valence-electron chi connectivity index (χ3n) is 9.66. The lowest BCUT2D eigenvalue weighted by Crippen LogP contribution is -2.47. The van der Waals surface area contributed by atoms with Gasteiger partial charge in [-0.25, -0.2) is 4.79 Å². The van der Waals surface area contributed by atoms with Crippen LogP contribution in [0.4, 0.5) is 4.79 Å². The molecular formula is C49H72O11. The molecule has 0 saturated heterocycles. The molecule has 1 aliphatic carbocycles. The van der Waals surface area contributed by atoms with E-state index in [-0.39, 0.29) is 17.1 Å². The molecule has 0 aromatic heterocycles. The molecule has 1 aliphatic rings. The molecule has 0 aromatic carbocycles.